The summed E-state index contributed by atoms with van der Waals surface area (Å²) < 4.78 is 5.89. The summed E-state index contributed by atoms with van der Waals surface area (Å²) in [6, 6.07) is 7.56. The minimum Gasteiger partial charge on any atom is -0.328 e. The maximum Gasteiger partial charge on any atom is 0.322 e. The van der Waals surface area contributed by atoms with E-state index in [0.717, 1.165) is 11.1 Å². The molecule has 1 aromatic rings. The van der Waals surface area contributed by atoms with Gasteiger partial charge in [-0.1, -0.05) is 24.3 Å². The van der Waals surface area contributed by atoms with Crippen molar-refractivity contribution in [2.45, 2.75) is 12.0 Å². The zero-order valence-corrected chi connectivity index (χ0v) is 13.8. The Hall–Kier alpha value is -0.0000000000000000555. The number of benzene rings is 1. The van der Waals surface area contributed by atoms with Crippen LogP contribution in [0.2, 0.25) is 0 Å². The molecule has 4 nitrogen and oxygen atoms in total. The van der Waals surface area contributed by atoms with Crippen molar-refractivity contribution in [3.63, 3.8) is 0 Å². The lowest BCUT2D eigenvalue weighted by Crippen LogP contribution is -2.38. The minimum atomic E-state index is -3.71. The summed E-state index contributed by atoms with van der Waals surface area (Å²) in [6.07, 6.45) is -0.469. The topological polar surface area (TPSA) is 49.7 Å². The highest BCUT2D eigenvalue weighted by Gasteiger charge is 2.26. The number of hydrogen-bond acceptors (Lipinski definition) is 2. The summed E-state index contributed by atoms with van der Waals surface area (Å²) in [6.45, 7) is -3.13. The van der Waals surface area contributed by atoms with E-state index in [-0.39, 0.29) is 0 Å². The number of quaternary nitrogens is 1. The van der Waals surface area contributed by atoms with Crippen molar-refractivity contribution in [1.29, 1.82) is 0 Å². The Balaban J connectivity index is 3.04. The third-order valence-corrected chi connectivity index (χ3v) is 3.55. The highest BCUT2D eigenvalue weighted by atomic mass is 35.5. The van der Waals surface area contributed by atoms with E-state index >= 15 is 0 Å². The molecule has 2 N–H and O–H groups in total. The Kier molecular flexibility index (Phi) is 5.96. The van der Waals surface area contributed by atoms with Crippen molar-refractivity contribution in [1.82, 2.24) is 0 Å². The molecule has 0 aliphatic carbocycles. The predicted molar refractivity (Wildman–Crippen MR) is 81.4 cm³/mol. The van der Waals surface area contributed by atoms with Crippen LogP contribution in [-0.2, 0) is 22.2 Å². The van der Waals surface area contributed by atoms with E-state index in [9.17, 15) is 9.79 Å². The van der Waals surface area contributed by atoms with Gasteiger partial charge in [-0.25, -0.2) is 0 Å². The van der Waals surface area contributed by atoms with Gasteiger partial charge in [-0.15, -0.1) is 11.6 Å². The van der Waals surface area contributed by atoms with Crippen LogP contribution in [-0.4, -0.2) is 42.0 Å². The second-order valence-electron chi connectivity index (χ2n) is 5.44. The molecule has 0 spiro atoms. The van der Waals surface area contributed by atoms with Crippen LogP contribution < -0.4 is 0 Å². The SMILES string of the molecule is C[N+](C)(C)CC(OP(O)(O)=S)c1cccc(CCl)c1. The number of nitrogens with zero attached hydrogens (tertiary/aromatic N) is 1. The van der Waals surface area contributed by atoms with Crippen molar-refractivity contribution in [3.05, 3.63) is 35.4 Å². The molecular formula is C12H20ClNO3PS+. The molecule has 108 valence electrons. The minimum absolute atomic E-state index is 0.400. The van der Waals surface area contributed by atoms with Gasteiger partial charge in [0.2, 0.25) is 0 Å². The Bertz CT molecular complexity index is 472. The van der Waals surface area contributed by atoms with Crippen LogP contribution in [0.5, 0.6) is 0 Å². The number of rotatable bonds is 6. The molecule has 0 bridgehead atoms. The van der Waals surface area contributed by atoms with E-state index in [2.05, 4.69) is 11.8 Å². The molecule has 1 unspecified atom stereocenters. The largest absolute Gasteiger partial charge is 0.328 e. The maximum atomic E-state index is 9.40. The molecule has 0 radical (unpaired) electrons. The summed E-state index contributed by atoms with van der Waals surface area (Å²) in [7, 11) is 6.00. The van der Waals surface area contributed by atoms with E-state index in [0.29, 0.717) is 16.9 Å². The van der Waals surface area contributed by atoms with Crippen LogP contribution in [0.3, 0.4) is 0 Å². The standard InChI is InChI=1S/C12H19ClNO3PS/c1-14(2,3)9-12(17-18(15,16)19)11-6-4-5-10(7-11)8-13/h4-7,12H,8-9H2,1-3H3,(H-,15,16,19)/p+1. The third-order valence-electron chi connectivity index (χ3n) is 2.46. The summed E-state index contributed by atoms with van der Waals surface area (Å²) >= 11 is 10.4. The summed E-state index contributed by atoms with van der Waals surface area (Å²) in [4.78, 5) is 18.8. The van der Waals surface area contributed by atoms with Gasteiger partial charge in [0.05, 0.1) is 21.1 Å². The number of alkyl halides is 1. The lowest BCUT2D eigenvalue weighted by Gasteiger charge is -2.30. The quantitative estimate of drug-likeness (QED) is 0.479. The smallest absolute Gasteiger partial charge is 0.322 e. The first-order valence-electron chi connectivity index (χ1n) is 5.80. The highest BCUT2D eigenvalue weighted by Crippen LogP contribution is 2.43. The van der Waals surface area contributed by atoms with Gasteiger partial charge in [0.1, 0.15) is 12.6 Å². The van der Waals surface area contributed by atoms with Gasteiger partial charge in [-0.05, 0) is 22.9 Å². The first-order chi connectivity index (χ1) is 8.61. The Morgan fingerprint density at radius 2 is 2.00 bits per heavy atom. The third kappa shape index (κ3) is 6.82. The van der Waals surface area contributed by atoms with Crippen LogP contribution in [0.4, 0.5) is 0 Å². The number of halogens is 1. The fourth-order valence-electron chi connectivity index (χ4n) is 1.74. The molecule has 0 heterocycles. The molecule has 0 aromatic heterocycles. The maximum absolute atomic E-state index is 9.40. The molecule has 7 heteroatoms. The molecule has 0 aliphatic rings. The van der Waals surface area contributed by atoms with Crippen LogP contribution in [0.1, 0.15) is 17.2 Å². The van der Waals surface area contributed by atoms with Crippen LogP contribution in [0.25, 0.3) is 0 Å². The van der Waals surface area contributed by atoms with Crippen molar-refractivity contribution in [2.24, 2.45) is 0 Å². The van der Waals surface area contributed by atoms with Gasteiger partial charge in [0, 0.05) is 5.88 Å². The molecule has 1 aromatic carbocycles. The van der Waals surface area contributed by atoms with Crippen molar-refractivity contribution in [2.75, 3.05) is 27.7 Å². The van der Waals surface area contributed by atoms with E-state index in [1.54, 1.807) is 0 Å². The average Bonchev–Trinajstić information content (AvgIpc) is 2.24. The van der Waals surface area contributed by atoms with E-state index in [1.165, 1.54) is 0 Å². The van der Waals surface area contributed by atoms with Crippen molar-refractivity contribution >= 4 is 30.1 Å². The Morgan fingerprint density at radius 3 is 2.47 bits per heavy atom. The molecule has 0 saturated carbocycles. The molecular weight excluding hydrogens is 305 g/mol. The zero-order chi connectivity index (χ0) is 14.7. The summed E-state index contributed by atoms with van der Waals surface area (Å²) in [5, 5.41) is 0. The Morgan fingerprint density at radius 1 is 1.37 bits per heavy atom. The zero-order valence-electron chi connectivity index (χ0n) is 11.3. The van der Waals surface area contributed by atoms with Crippen LogP contribution >= 0.6 is 18.3 Å². The molecule has 1 rings (SSSR count). The summed E-state index contributed by atoms with van der Waals surface area (Å²) in [5.74, 6) is 0.400. The van der Waals surface area contributed by atoms with E-state index < -0.39 is 12.8 Å². The average molecular weight is 325 g/mol. The van der Waals surface area contributed by atoms with Crippen molar-refractivity contribution in [3.8, 4) is 0 Å². The fourth-order valence-corrected chi connectivity index (χ4v) is 2.74. The molecule has 0 fully saturated rings. The molecule has 19 heavy (non-hydrogen) atoms. The van der Waals surface area contributed by atoms with E-state index in [4.69, 9.17) is 16.1 Å². The Labute approximate surface area is 124 Å². The van der Waals surface area contributed by atoms with Gasteiger partial charge in [0.15, 0.2) is 0 Å². The lowest BCUT2D eigenvalue weighted by atomic mass is 10.1. The highest BCUT2D eigenvalue weighted by molar-refractivity contribution is 8.06. The number of likely N-dealkylation sites (N-methyl/N-ethyl adjacent to an activating group) is 1. The molecule has 0 amide bonds. The van der Waals surface area contributed by atoms with Crippen molar-refractivity contribution < 1.29 is 18.8 Å². The van der Waals surface area contributed by atoms with Gasteiger partial charge in [0.25, 0.3) is 0 Å². The fraction of sp³-hybridized carbons (Fsp3) is 0.500. The second-order valence-corrected chi connectivity index (χ2v) is 8.32. The summed E-state index contributed by atoms with van der Waals surface area (Å²) in [5.41, 5.74) is 1.81. The van der Waals surface area contributed by atoms with Gasteiger partial charge in [-0.3, -0.25) is 4.52 Å². The molecule has 0 aliphatic heterocycles. The van der Waals surface area contributed by atoms with E-state index in [1.807, 2.05) is 45.4 Å². The monoisotopic (exact) mass is 324 g/mol. The van der Waals surface area contributed by atoms with Crippen LogP contribution in [0.15, 0.2) is 24.3 Å². The second kappa shape index (κ2) is 6.64. The first-order valence-corrected chi connectivity index (χ1v) is 8.96. The normalized spacial score (nSPS) is 14.4. The number of hydrogen-bond donors (Lipinski definition) is 2. The van der Waals surface area contributed by atoms with Crippen LogP contribution in [0, 0.1) is 0 Å². The van der Waals surface area contributed by atoms with Gasteiger partial charge in [-0.2, -0.15) is 0 Å². The molecule has 0 saturated heterocycles. The van der Waals surface area contributed by atoms with Gasteiger partial charge < -0.3 is 14.3 Å². The lowest BCUT2D eigenvalue weighted by molar-refractivity contribution is -0.874. The van der Waals surface area contributed by atoms with Gasteiger partial charge >= 0.3 is 6.72 Å². The predicted octanol–water partition coefficient (Wildman–Crippen LogP) is 2.40. The first kappa shape index (κ1) is 17.1. The molecule has 1 atom stereocenters.